The van der Waals surface area contributed by atoms with Crippen LogP contribution in [0.15, 0.2) is 21.6 Å². The maximum absolute atomic E-state index is 12.8. The monoisotopic (exact) mass is 377 g/mol. The Morgan fingerprint density at radius 2 is 2.05 bits per heavy atom. The van der Waals surface area contributed by atoms with E-state index in [1.165, 1.54) is 4.31 Å². The molecule has 1 unspecified atom stereocenters. The Hall–Kier alpha value is -0.660. The van der Waals surface area contributed by atoms with Gasteiger partial charge in [-0.05, 0) is 41.8 Å². The van der Waals surface area contributed by atoms with Crippen molar-refractivity contribution >= 4 is 31.8 Å². The minimum Gasteiger partial charge on any atom is -0.369 e. The van der Waals surface area contributed by atoms with Gasteiger partial charge in [0.25, 0.3) is 0 Å². The molecular formula is C14H24BrN3O2S. The highest BCUT2D eigenvalue weighted by Crippen LogP contribution is 2.27. The van der Waals surface area contributed by atoms with Crippen molar-refractivity contribution in [3.8, 4) is 0 Å². The van der Waals surface area contributed by atoms with Crippen LogP contribution in [0.5, 0.6) is 0 Å². The number of rotatable bonds is 8. The van der Waals surface area contributed by atoms with Crippen LogP contribution >= 0.6 is 15.9 Å². The first kappa shape index (κ1) is 18.4. The molecule has 0 aliphatic heterocycles. The van der Waals surface area contributed by atoms with Crippen LogP contribution in [0.1, 0.15) is 40.0 Å². The largest absolute Gasteiger partial charge is 0.369 e. The van der Waals surface area contributed by atoms with Crippen LogP contribution in [0, 0.1) is 0 Å². The number of anilines is 1. The van der Waals surface area contributed by atoms with E-state index in [0.29, 0.717) is 16.8 Å². The molecule has 1 aromatic rings. The highest BCUT2D eigenvalue weighted by Gasteiger charge is 2.28. The van der Waals surface area contributed by atoms with Gasteiger partial charge in [0.1, 0.15) is 10.7 Å². The number of sulfonamides is 1. The third kappa shape index (κ3) is 4.66. The normalized spacial score (nSPS) is 13.4. The predicted octanol–water partition coefficient (Wildman–Crippen LogP) is 3.48. The van der Waals surface area contributed by atoms with Gasteiger partial charge in [0, 0.05) is 30.3 Å². The fourth-order valence-electron chi connectivity index (χ4n) is 1.99. The first-order valence-corrected chi connectivity index (χ1v) is 9.45. The van der Waals surface area contributed by atoms with Crippen molar-refractivity contribution in [1.82, 2.24) is 9.29 Å². The Morgan fingerprint density at radius 1 is 1.38 bits per heavy atom. The van der Waals surface area contributed by atoms with E-state index in [4.69, 9.17) is 0 Å². The molecule has 1 N–H and O–H groups in total. The Kier molecular flexibility index (Phi) is 7.09. The Morgan fingerprint density at radius 3 is 2.62 bits per heavy atom. The second-order valence-corrected chi connectivity index (χ2v) is 7.97. The summed E-state index contributed by atoms with van der Waals surface area (Å²) in [4.78, 5) is 4.42. The van der Waals surface area contributed by atoms with E-state index in [-0.39, 0.29) is 10.9 Å². The minimum absolute atomic E-state index is 0.0435. The third-order valence-electron chi connectivity index (χ3n) is 3.35. The van der Waals surface area contributed by atoms with Crippen LogP contribution in [0.4, 0.5) is 5.82 Å². The molecule has 0 saturated heterocycles. The summed E-state index contributed by atoms with van der Waals surface area (Å²) >= 11 is 3.30. The lowest BCUT2D eigenvalue weighted by Gasteiger charge is -2.25. The molecule has 0 bridgehead atoms. The molecule has 1 heterocycles. The number of hydrogen-bond donors (Lipinski definition) is 1. The van der Waals surface area contributed by atoms with Crippen molar-refractivity contribution in [2.45, 2.75) is 51.0 Å². The molecule has 0 aromatic carbocycles. The average Bonchev–Trinajstić information content (AvgIpc) is 2.45. The van der Waals surface area contributed by atoms with E-state index < -0.39 is 10.0 Å². The summed E-state index contributed by atoms with van der Waals surface area (Å²) in [5, 5.41) is 3.08. The SMILES string of the molecule is CCCNc1ncc(Br)cc1S(=O)(=O)N(C)C(C)CCC. The van der Waals surface area contributed by atoms with Gasteiger partial charge in [0.15, 0.2) is 0 Å². The van der Waals surface area contributed by atoms with E-state index in [9.17, 15) is 8.42 Å². The van der Waals surface area contributed by atoms with E-state index in [0.717, 1.165) is 19.3 Å². The molecule has 0 aliphatic rings. The van der Waals surface area contributed by atoms with Gasteiger partial charge in [-0.1, -0.05) is 20.3 Å². The summed E-state index contributed by atoms with van der Waals surface area (Å²) in [6.07, 6.45) is 4.28. The van der Waals surface area contributed by atoms with Gasteiger partial charge < -0.3 is 5.32 Å². The molecule has 0 radical (unpaired) electrons. The van der Waals surface area contributed by atoms with Crippen LogP contribution in [0.3, 0.4) is 0 Å². The van der Waals surface area contributed by atoms with Gasteiger partial charge in [-0.2, -0.15) is 4.31 Å². The lowest BCUT2D eigenvalue weighted by molar-refractivity contribution is 0.369. The van der Waals surface area contributed by atoms with E-state index >= 15 is 0 Å². The van der Waals surface area contributed by atoms with E-state index in [1.807, 2.05) is 20.8 Å². The molecule has 1 atom stereocenters. The zero-order valence-electron chi connectivity index (χ0n) is 13.1. The van der Waals surface area contributed by atoms with Crippen LogP contribution < -0.4 is 5.32 Å². The molecule has 0 saturated carbocycles. The summed E-state index contributed by atoms with van der Waals surface area (Å²) < 4.78 is 27.7. The average molecular weight is 378 g/mol. The zero-order chi connectivity index (χ0) is 16.0. The lowest BCUT2D eigenvalue weighted by atomic mass is 10.2. The Labute approximate surface area is 136 Å². The van der Waals surface area contributed by atoms with Crippen molar-refractivity contribution in [2.75, 3.05) is 18.9 Å². The van der Waals surface area contributed by atoms with Crippen molar-refractivity contribution < 1.29 is 8.42 Å². The number of nitrogens with one attached hydrogen (secondary N) is 1. The molecule has 7 heteroatoms. The van der Waals surface area contributed by atoms with Crippen molar-refractivity contribution in [2.24, 2.45) is 0 Å². The second kappa shape index (κ2) is 8.10. The van der Waals surface area contributed by atoms with E-state index in [2.05, 4.69) is 26.2 Å². The van der Waals surface area contributed by atoms with Gasteiger partial charge in [-0.3, -0.25) is 0 Å². The summed E-state index contributed by atoms with van der Waals surface area (Å²) in [5.74, 6) is 0.413. The molecule has 0 spiro atoms. The number of hydrogen-bond acceptors (Lipinski definition) is 4. The van der Waals surface area contributed by atoms with Gasteiger partial charge >= 0.3 is 0 Å². The third-order valence-corrected chi connectivity index (χ3v) is 5.76. The summed E-state index contributed by atoms with van der Waals surface area (Å²) in [7, 11) is -1.94. The van der Waals surface area contributed by atoms with Gasteiger partial charge in [-0.25, -0.2) is 13.4 Å². The Balaban J connectivity index is 3.19. The predicted molar refractivity (Wildman–Crippen MR) is 90.0 cm³/mol. The van der Waals surface area contributed by atoms with E-state index in [1.54, 1.807) is 19.3 Å². The van der Waals surface area contributed by atoms with Gasteiger partial charge in [0.05, 0.1) is 0 Å². The second-order valence-electron chi connectivity index (χ2n) is 5.09. The molecule has 1 aromatic heterocycles. The molecule has 5 nitrogen and oxygen atoms in total. The number of nitrogens with zero attached hydrogens (tertiary/aromatic N) is 2. The highest BCUT2D eigenvalue weighted by atomic mass is 79.9. The molecule has 1 rings (SSSR count). The zero-order valence-corrected chi connectivity index (χ0v) is 15.5. The smallest absolute Gasteiger partial charge is 0.246 e. The lowest BCUT2D eigenvalue weighted by Crippen LogP contribution is -2.35. The molecule has 0 amide bonds. The maximum Gasteiger partial charge on any atom is 0.246 e. The summed E-state index contributed by atoms with van der Waals surface area (Å²) in [6, 6.07) is 1.56. The van der Waals surface area contributed by atoms with Gasteiger partial charge in [0.2, 0.25) is 10.0 Å². The van der Waals surface area contributed by atoms with Crippen LogP contribution in [0.2, 0.25) is 0 Å². The summed E-state index contributed by atoms with van der Waals surface area (Å²) in [5.41, 5.74) is 0. The van der Waals surface area contributed by atoms with Crippen LogP contribution in [-0.4, -0.2) is 37.3 Å². The van der Waals surface area contributed by atoms with Crippen LogP contribution in [0.25, 0.3) is 0 Å². The number of halogens is 1. The van der Waals surface area contributed by atoms with Gasteiger partial charge in [-0.15, -0.1) is 0 Å². The fourth-order valence-corrected chi connectivity index (χ4v) is 4.00. The molecule has 0 aliphatic carbocycles. The molecular weight excluding hydrogens is 354 g/mol. The Bertz CT molecular complexity index is 563. The topological polar surface area (TPSA) is 62.3 Å². The van der Waals surface area contributed by atoms with Crippen molar-refractivity contribution in [3.05, 3.63) is 16.7 Å². The van der Waals surface area contributed by atoms with Crippen LogP contribution in [-0.2, 0) is 10.0 Å². The minimum atomic E-state index is -3.57. The number of aromatic nitrogens is 1. The summed E-state index contributed by atoms with van der Waals surface area (Å²) in [6.45, 7) is 6.68. The molecule has 21 heavy (non-hydrogen) atoms. The maximum atomic E-state index is 12.8. The molecule has 0 fully saturated rings. The fraction of sp³-hybridized carbons (Fsp3) is 0.643. The number of pyridine rings is 1. The standard InChI is InChI=1S/C14H24BrN3O2S/c1-5-7-11(3)18(4)21(19,20)13-9-12(15)10-17-14(13)16-8-6-2/h9-11H,5-8H2,1-4H3,(H,16,17). The quantitative estimate of drug-likeness (QED) is 0.752. The molecule has 120 valence electrons. The van der Waals surface area contributed by atoms with Crippen molar-refractivity contribution in [3.63, 3.8) is 0 Å². The highest BCUT2D eigenvalue weighted by molar-refractivity contribution is 9.10. The first-order valence-electron chi connectivity index (χ1n) is 7.22. The first-order chi connectivity index (χ1) is 9.84. The van der Waals surface area contributed by atoms with Crippen molar-refractivity contribution in [1.29, 1.82) is 0 Å².